The number of carbonyl (C=O) groups is 2. The molecule has 1 heterocycles. The largest absolute Gasteiger partial charge is 0.351 e. The van der Waals surface area contributed by atoms with Gasteiger partial charge in [0.15, 0.2) is 5.50 Å². The third kappa shape index (κ3) is 4.23. The average molecular weight is 358 g/mol. The van der Waals surface area contributed by atoms with Gasteiger partial charge in [-0.25, -0.2) is 24.3 Å². The fourth-order valence-electron chi connectivity index (χ4n) is 1.95. The second-order valence-electron chi connectivity index (χ2n) is 4.45. The van der Waals surface area contributed by atoms with Crippen LogP contribution in [0.2, 0.25) is 0 Å². The van der Waals surface area contributed by atoms with E-state index in [9.17, 15) is 14.4 Å². The Balaban J connectivity index is 2.48. The van der Waals surface area contributed by atoms with Crippen molar-refractivity contribution < 1.29 is 14.4 Å². The summed E-state index contributed by atoms with van der Waals surface area (Å²) in [6.07, 6.45) is 4.45. The number of amides is 4. The van der Waals surface area contributed by atoms with Crippen molar-refractivity contribution in [2.24, 2.45) is 10.7 Å². The van der Waals surface area contributed by atoms with E-state index in [0.717, 1.165) is 24.2 Å². The Morgan fingerprint density at radius 1 is 1.33 bits per heavy atom. The topological polar surface area (TPSA) is 96.1 Å². The van der Waals surface area contributed by atoms with Crippen molar-refractivity contribution in [1.29, 1.82) is 0 Å². The van der Waals surface area contributed by atoms with E-state index in [1.54, 1.807) is 0 Å². The smallest absolute Gasteiger partial charge is 0.332 e. The number of hydrogen-bond acceptors (Lipinski definition) is 4. The van der Waals surface area contributed by atoms with Crippen molar-refractivity contribution in [2.45, 2.75) is 35.6 Å². The van der Waals surface area contributed by atoms with E-state index in [1.165, 1.54) is 6.08 Å². The Kier molecular flexibility index (Phi) is 6.74. The highest BCUT2D eigenvalue weighted by atomic mass is 35.5. The van der Waals surface area contributed by atoms with Crippen LogP contribution < -0.4 is 5.73 Å². The second-order valence-corrected chi connectivity index (χ2v) is 6.21. The third-order valence-electron chi connectivity index (χ3n) is 3.01. The van der Waals surface area contributed by atoms with E-state index in [-0.39, 0.29) is 6.54 Å². The molecular formula is C11H15Cl3N4O3. The number of aliphatic imine (C=N–C) groups is 1. The van der Waals surface area contributed by atoms with Crippen LogP contribution in [0.25, 0.3) is 0 Å². The molecule has 10 heteroatoms. The van der Waals surface area contributed by atoms with Crippen molar-refractivity contribution in [3.63, 3.8) is 0 Å². The molecule has 2 N–H and O–H groups in total. The van der Waals surface area contributed by atoms with Gasteiger partial charge in [0, 0.05) is 6.54 Å². The Bertz CT molecular complexity index is 454. The SMILES string of the molecule is NC(=O)N1C(=O)N(CCCCCCN=C=O)C(Cl)(Cl)C1Cl. The molecule has 1 unspecified atom stereocenters. The summed E-state index contributed by atoms with van der Waals surface area (Å²) in [6, 6.07) is -1.71. The molecule has 0 aromatic rings. The summed E-state index contributed by atoms with van der Waals surface area (Å²) in [5, 5.41) is 0. The van der Waals surface area contributed by atoms with Crippen LogP contribution in [0.5, 0.6) is 0 Å². The molecule has 0 aromatic carbocycles. The molecule has 0 radical (unpaired) electrons. The molecule has 1 atom stereocenters. The van der Waals surface area contributed by atoms with Gasteiger partial charge in [-0.3, -0.25) is 4.90 Å². The number of nitrogens with zero attached hydrogens (tertiary/aromatic N) is 3. The zero-order valence-electron chi connectivity index (χ0n) is 11.1. The lowest BCUT2D eigenvalue weighted by Crippen LogP contribution is -2.42. The molecule has 1 aliphatic rings. The van der Waals surface area contributed by atoms with Gasteiger partial charge in [-0.1, -0.05) is 47.6 Å². The Morgan fingerprint density at radius 2 is 1.95 bits per heavy atom. The first-order valence-corrected chi connectivity index (χ1v) is 7.49. The number of alkyl halides is 3. The predicted molar refractivity (Wildman–Crippen MR) is 79.1 cm³/mol. The Hall–Kier alpha value is -1.01. The minimum absolute atomic E-state index is 0.246. The van der Waals surface area contributed by atoms with E-state index in [0.29, 0.717) is 17.9 Å². The summed E-state index contributed by atoms with van der Waals surface area (Å²) in [4.78, 5) is 38.3. The fourth-order valence-corrected chi connectivity index (χ4v) is 2.76. The number of rotatable bonds is 7. The average Bonchev–Trinajstić information content (AvgIpc) is 2.57. The van der Waals surface area contributed by atoms with Crippen molar-refractivity contribution >= 4 is 52.9 Å². The van der Waals surface area contributed by atoms with Crippen molar-refractivity contribution in [3.05, 3.63) is 0 Å². The number of isocyanates is 1. The summed E-state index contributed by atoms with van der Waals surface area (Å²) in [5.41, 5.74) is 3.84. The van der Waals surface area contributed by atoms with Crippen molar-refractivity contribution in [2.75, 3.05) is 13.1 Å². The summed E-state index contributed by atoms with van der Waals surface area (Å²) >= 11 is 18.0. The number of halogens is 3. The van der Waals surface area contributed by atoms with Crippen LogP contribution in [0.3, 0.4) is 0 Å². The van der Waals surface area contributed by atoms with Gasteiger partial charge < -0.3 is 5.73 Å². The molecule has 0 aliphatic carbocycles. The van der Waals surface area contributed by atoms with Gasteiger partial charge in [0.1, 0.15) is 0 Å². The monoisotopic (exact) mass is 356 g/mol. The standard InChI is InChI=1S/C11H15Cl3N4O3/c12-8-11(13,14)17(10(21)18(8)9(15)20)6-4-2-1-3-5-16-7-19/h8H,1-6H2,(H2,15,20). The number of nitrogens with two attached hydrogens (primary N) is 1. The van der Waals surface area contributed by atoms with Crippen LogP contribution in [0.15, 0.2) is 4.99 Å². The molecule has 1 rings (SSSR count). The molecule has 7 nitrogen and oxygen atoms in total. The van der Waals surface area contributed by atoms with Crippen LogP contribution in [-0.2, 0) is 4.79 Å². The lowest BCUT2D eigenvalue weighted by atomic mass is 10.2. The number of unbranched alkanes of at least 4 members (excludes halogenated alkanes) is 3. The van der Waals surface area contributed by atoms with E-state index in [2.05, 4.69) is 4.99 Å². The molecule has 1 aliphatic heterocycles. The van der Waals surface area contributed by atoms with Crippen LogP contribution in [0.4, 0.5) is 9.59 Å². The van der Waals surface area contributed by atoms with E-state index in [1.807, 2.05) is 0 Å². The first kappa shape index (κ1) is 18.0. The number of primary amides is 1. The Morgan fingerprint density at radius 3 is 2.48 bits per heavy atom. The molecule has 118 valence electrons. The predicted octanol–water partition coefficient (Wildman–Crippen LogP) is 2.40. The maximum absolute atomic E-state index is 12.0. The van der Waals surface area contributed by atoms with E-state index in [4.69, 9.17) is 40.5 Å². The Labute approximate surface area is 137 Å². The van der Waals surface area contributed by atoms with Gasteiger partial charge in [-0.05, 0) is 12.8 Å². The van der Waals surface area contributed by atoms with Gasteiger partial charge >= 0.3 is 12.1 Å². The molecule has 4 amide bonds. The normalized spacial score (nSPS) is 20.5. The molecule has 0 saturated carbocycles. The highest BCUT2D eigenvalue weighted by molar-refractivity contribution is 6.53. The molecular weight excluding hydrogens is 343 g/mol. The molecule has 1 fully saturated rings. The maximum Gasteiger partial charge on any atom is 0.332 e. The summed E-state index contributed by atoms with van der Waals surface area (Å²) in [6.45, 7) is 0.677. The van der Waals surface area contributed by atoms with Crippen LogP contribution in [-0.4, -0.2) is 51.0 Å². The van der Waals surface area contributed by atoms with Crippen LogP contribution >= 0.6 is 34.8 Å². The minimum Gasteiger partial charge on any atom is -0.351 e. The summed E-state index contributed by atoms with van der Waals surface area (Å²) in [5.74, 6) is 0. The molecule has 0 spiro atoms. The summed E-state index contributed by atoms with van der Waals surface area (Å²) in [7, 11) is 0. The number of hydrogen-bond donors (Lipinski definition) is 1. The second kappa shape index (κ2) is 7.84. The molecule has 21 heavy (non-hydrogen) atoms. The first-order chi connectivity index (χ1) is 9.84. The molecule has 1 saturated heterocycles. The number of imide groups is 1. The van der Waals surface area contributed by atoms with Gasteiger partial charge in [0.05, 0.1) is 6.54 Å². The number of carbonyl (C=O) groups excluding carboxylic acids is 3. The van der Waals surface area contributed by atoms with Gasteiger partial charge in [-0.2, -0.15) is 0 Å². The highest BCUT2D eigenvalue weighted by Crippen LogP contribution is 2.42. The minimum atomic E-state index is -1.71. The lowest BCUT2D eigenvalue weighted by molar-refractivity contribution is 0.185. The zero-order valence-corrected chi connectivity index (χ0v) is 13.4. The lowest BCUT2D eigenvalue weighted by Gasteiger charge is -2.26. The van der Waals surface area contributed by atoms with Gasteiger partial charge in [0.2, 0.25) is 10.5 Å². The van der Waals surface area contributed by atoms with Gasteiger partial charge in [0.25, 0.3) is 0 Å². The van der Waals surface area contributed by atoms with E-state index >= 15 is 0 Å². The first-order valence-electron chi connectivity index (χ1n) is 6.29. The zero-order chi connectivity index (χ0) is 16.0. The van der Waals surface area contributed by atoms with Crippen LogP contribution in [0, 0.1) is 0 Å². The van der Waals surface area contributed by atoms with Gasteiger partial charge in [-0.15, -0.1) is 0 Å². The number of urea groups is 2. The molecule has 0 bridgehead atoms. The highest BCUT2D eigenvalue weighted by Gasteiger charge is 2.56. The van der Waals surface area contributed by atoms with Crippen molar-refractivity contribution in [1.82, 2.24) is 9.80 Å². The quantitative estimate of drug-likeness (QED) is 0.249. The van der Waals surface area contributed by atoms with Crippen molar-refractivity contribution in [3.8, 4) is 0 Å². The maximum atomic E-state index is 12.0. The molecule has 0 aromatic heterocycles. The van der Waals surface area contributed by atoms with E-state index < -0.39 is 22.0 Å². The fraction of sp³-hybridized carbons (Fsp3) is 0.727. The summed E-state index contributed by atoms with van der Waals surface area (Å²) < 4.78 is -1.71. The van der Waals surface area contributed by atoms with Crippen LogP contribution in [0.1, 0.15) is 25.7 Å². The third-order valence-corrected chi connectivity index (χ3v) is 4.57.